The van der Waals surface area contributed by atoms with Crippen LogP contribution < -0.4 is 11.2 Å². The first-order valence-electron chi connectivity index (χ1n) is 6.85. The topological polar surface area (TPSA) is 153 Å². The van der Waals surface area contributed by atoms with E-state index in [0.717, 1.165) is 0 Å². The first-order chi connectivity index (χ1) is 10.6. The van der Waals surface area contributed by atoms with Crippen LogP contribution in [0.25, 0.3) is 10.4 Å². The van der Waals surface area contributed by atoms with Gasteiger partial charge in [0, 0.05) is 29.6 Å². The van der Waals surface area contributed by atoms with Gasteiger partial charge in [-0.2, -0.15) is 0 Å². The summed E-state index contributed by atoms with van der Waals surface area (Å²) in [4.78, 5) is 27.8. The fraction of sp³-hybridized carbons (Fsp3) is 0.667. The molecule has 10 heteroatoms. The summed E-state index contributed by atoms with van der Waals surface area (Å²) >= 11 is 0. The number of rotatable bonds is 6. The highest BCUT2D eigenvalue weighted by atomic mass is 16.5. The molecule has 1 saturated heterocycles. The SMILES string of the molecule is [N-]=[N+]=NCCC[C@@H]1[C@H](O)C(CO)O[C@H]1n1ccc(=O)[nH]c1=O. The van der Waals surface area contributed by atoms with E-state index in [1.807, 2.05) is 0 Å². The van der Waals surface area contributed by atoms with E-state index in [2.05, 4.69) is 15.0 Å². The molecule has 0 bridgehead atoms. The van der Waals surface area contributed by atoms with E-state index in [1.165, 1.54) is 16.8 Å². The number of azide groups is 1. The van der Waals surface area contributed by atoms with E-state index in [1.54, 1.807) is 0 Å². The van der Waals surface area contributed by atoms with Crippen LogP contribution in [-0.4, -0.2) is 45.1 Å². The van der Waals surface area contributed by atoms with Crippen molar-refractivity contribution in [2.45, 2.75) is 31.3 Å². The first kappa shape index (κ1) is 16.2. The molecular formula is C12H17N5O5. The summed E-state index contributed by atoms with van der Waals surface area (Å²) in [5, 5.41) is 22.9. The third-order valence-corrected chi connectivity index (χ3v) is 3.66. The second-order valence-corrected chi connectivity index (χ2v) is 5.02. The number of nitrogens with one attached hydrogen (secondary N) is 1. The maximum absolute atomic E-state index is 11.9. The van der Waals surface area contributed by atoms with E-state index in [4.69, 9.17) is 10.3 Å². The Hall–Kier alpha value is -2.13. The molecule has 0 aromatic carbocycles. The highest BCUT2D eigenvalue weighted by Gasteiger charge is 2.44. The molecule has 1 aromatic rings. The van der Waals surface area contributed by atoms with Gasteiger partial charge < -0.3 is 14.9 Å². The van der Waals surface area contributed by atoms with Crippen molar-refractivity contribution in [1.29, 1.82) is 0 Å². The van der Waals surface area contributed by atoms with E-state index >= 15 is 0 Å². The molecule has 1 aliphatic rings. The van der Waals surface area contributed by atoms with Crippen LogP contribution in [0, 0.1) is 5.92 Å². The molecule has 0 radical (unpaired) electrons. The first-order valence-corrected chi connectivity index (χ1v) is 6.85. The van der Waals surface area contributed by atoms with Gasteiger partial charge in [0.1, 0.15) is 12.3 Å². The number of ether oxygens (including phenoxy) is 1. The molecule has 3 N–H and O–H groups in total. The van der Waals surface area contributed by atoms with Gasteiger partial charge in [-0.05, 0) is 18.4 Å². The normalized spacial score (nSPS) is 27.5. The number of nitrogens with zero attached hydrogens (tertiary/aromatic N) is 4. The Kier molecular flexibility index (Phi) is 5.34. The van der Waals surface area contributed by atoms with Crippen LogP contribution in [0.1, 0.15) is 19.1 Å². The molecule has 0 spiro atoms. The molecule has 120 valence electrons. The van der Waals surface area contributed by atoms with Crippen LogP contribution in [0.15, 0.2) is 27.0 Å². The highest BCUT2D eigenvalue weighted by Crippen LogP contribution is 2.36. The molecule has 2 heterocycles. The Labute approximate surface area is 124 Å². The second-order valence-electron chi connectivity index (χ2n) is 5.02. The number of hydrogen-bond acceptors (Lipinski definition) is 6. The molecule has 1 fully saturated rings. The fourth-order valence-electron chi connectivity index (χ4n) is 2.61. The molecule has 22 heavy (non-hydrogen) atoms. The quantitative estimate of drug-likeness (QED) is 0.279. The number of aromatic nitrogens is 2. The summed E-state index contributed by atoms with van der Waals surface area (Å²) < 4.78 is 6.72. The molecule has 0 saturated carbocycles. The number of hydrogen-bond donors (Lipinski definition) is 3. The van der Waals surface area contributed by atoms with Crippen LogP contribution in [0.3, 0.4) is 0 Å². The van der Waals surface area contributed by atoms with Gasteiger partial charge in [0.25, 0.3) is 5.56 Å². The zero-order valence-corrected chi connectivity index (χ0v) is 11.7. The van der Waals surface area contributed by atoms with Gasteiger partial charge in [0.2, 0.25) is 0 Å². The van der Waals surface area contributed by atoms with Crippen LogP contribution in [0.5, 0.6) is 0 Å². The standard InChI is InChI=1S/C12H17N5O5/c13-16-14-4-1-2-7-10(20)8(6-18)22-11(7)17-5-3-9(19)15-12(17)21/h3,5,7-8,10-11,18,20H,1-2,4,6H2,(H,15,19,21)/t7-,8?,10+,11-/m1/s1. The lowest BCUT2D eigenvalue weighted by molar-refractivity contribution is -0.0483. The van der Waals surface area contributed by atoms with Crippen LogP contribution in [0.2, 0.25) is 0 Å². The summed E-state index contributed by atoms with van der Waals surface area (Å²) in [7, 11) is 0. The van der Waals surface area contributed by atoms with Crippen molar-refractivity contribution < 1.29 is 14.9 Å². The van der Waals surface area contributed by atoms with Crippen molar-refractivity contribution in [3.05, 3.63) is 43.5 Å². The Morgan fingerprint density at radius 1 is 1.50 bits per heavy atom. The molecule has 2 rings (SSSR count). The fourth-order valence-corrected chi connectivity index (χ4v) is 2.61. The monoisotopic (exact) mass is 311 g/mol. The average molecular weight is 311 g/mol. The van der Waals surface area contributed by atoms with E-state index in [9.17, 15) is 19.8 Å². The van der Waals surface area contributed by atoms with E-state index in [0.29, 0.717) is 12.8 Å². The smallest absolute Gasteiger partial charge is 0.330 e. The minimum atomic E-state index is -0.958. The minimum absolute atomic E-state index is 0.261. The van der Waals surface area contributed by atoms with Crippen LogP contribution >= 0.6 is 0 Å². The van der Waals surface area contributed by atoms with Gasteiger partial charge in [0.15, 0.2) is 0 Å². The van der Waals surface area contributed by atoms with E-state index in [-0.39, 0.29) is 13.2 Å². The Balaban J connectivity index is 2.23. The minimum Gasteiger partial charge on any atom is -0.394 e. The van der Waals surface area contributed by atoms with Crippen molar-refractivity contribution in [1.82, 2.24) is 9.55 Å². The van der Waals surface area contributed by atoms with Crippen molar-refractivity contribution in [3.63, 3.8) is 0 Å². The third-order valence-electron chi connectivity index (χ3n) is 3.66. The van der Waals surface area contributed by atoms with Gasteiger partial charge in [-0.3, -0.25) is 14.3 Å². The molecule has 1 aliphatic heterocycles. The molecular weight excluding hydrogens is 294 g/mol. The highest BCUT2D eigenvalue weighted by molar-refractivity contribution is 4.92. The summed E-state index contributed by atoms with van der Waals surface area (Å²) in [5.41, 5.74) is 7.08. The molecule has 0 amide bonds. The maximum atomic E-state index is 11.9. The zero-order chi connectivity index (χ0) is 16.1. The number of H-pyrrole nitrogens is 1. The summed E-state index contributed by atoms with van der Waals surface area (Å²) in [6.07, 6.45) is -0.344. The van der Waals surface area contributed by atoms with Gasteiger partial charge in [-0.15, -0.1) is 0 Å². The van der Waals surface area contributed by atoms with Crippen molar-refractivity contribution in [2.24, 2.45) is 11.0 Å². The zero-order valence-electron chi connectivity index (χ0n) is 11.7. The number of aromatic amines is 1. The molecule has 4 atom stereocenters. The lowest BCUT2D eigenvalue weighted by atomic mass is 9.94. The van der Waals surface area contributed by atoms with Gasteiger partial charge in [-0.25, -0.2) is 4.79 Å². The Morgan fingerprint density at radius 2 is 2.27 bits per heavy atom. The summed E-state index contributed by atoms with van der Waals surface area (Å²) in [6, 6.07) is 1.18. The molecule has 1 aromatic heterocycles. The van der Waals surface area contributed by atoms with Crippen molar-refractivity contribution in [2.75, 3.05) is 13.2 Å². The molecule has 0 aliphatic carbocycles. The lowest BCUT2D eigenvalue weighted by Gasteiger charge is -2.21. The lowest BCUT2D eigenvalue weighted by Crippen LogP contribution is -2.34. The predicted octanol–water partition coefficient (Wildman–Crippen LogP) is -0.506. The second kappa shape index (κ2) is 7.23. The molecule has 1 unspecified atom stereocenters. The van der Waals surface area contributed by atoms with Crippen LogP contribution in [0.4, 0.5) is 0 Å². The largest absolute Gasteiger partial charge is 0.394 e. The maximum Gasteiger partial charge on any atom is 0.330 e. The number of aliphatic hydroxyl groups is 2. The predicted molar refractivity (Wildman–Crippen MR) is 75.1 cm³/mol. The Bertz CT molecular complexity index is 664. The third kappa shape index (κ3) is 3.37. The van der Waals surface area contributed by atoms with Gasteiger partial charge in [-0.1, -0.05) is 5.11 Å². The number of aliphatic hydroxyl groups excluding tert-OH is 2. The van der Waals surface area contributed by atoms with Crippen molar-refractivity contribution >= 4 is 0 Å². The van der Waals surface area contributed by atoms with Gasteiger partial charge in [0.05, 0.1) is 12.7 Å². The average Bonchev–Trinajstić information content (AvgIpc) is 2.80. The van der Waals surface area contributed by atoms with Crippen molar-refractivity contribution in [3.8, 4) is 0 Å². The van der Waals surface area contributed by atoms with E-state index < -0.39 is 35.6 Å². The molecule has 10 nitrogen and oxygen atoms in total. The van der Waals surface area contributed by atoms with Gasteiger partial charge >= 0.3 is 5.69 Å². The Morgan fingerprint density at radius 3 is 2.91 bits per heavy atom. The summed E-state index contributed by atoms with van der Waals surface area (Å²) in [6.45, 7) is -0.126. The van der Waals surface area contributed by atoms with Crippen LogP contribution in [-0.2, 0) is 4.74 Å². The summed E-state index contributed by atoms with van der Waals surface area (Å²) in [5.74, 6) is -0.463.